The van der Waals surface area contributed by atoms with Gasteiger partial charge in [0.1, 0.15) is 0 Å². The van der Waals surface area contributed by atoms with Gasteiger partial charge in [0.25, 0.3) is 0 Å². The molecule has 2 heterocycles. The summed E-state index contributed by atoms with van der Waals surface area (Å²) in [6, 6.07) is 5.47. The van der Waals surface area contributed by atoms with Crippen molar-refractivity contribution in [3.8, 4) is 11.3 Å². The number of aromatic nitrogens is 3. The van der Waals surface area contributed by atoms with Crippen LogP contribution in [-0.4, -0.2) is 21.5 Å². The Labute approximate surface area is 102 Å². The molecule has 0 radical (unpaired) electrons. The molecule has 0 saturated carbocycles. The summed E-state index contributed by atoms with van der Waals surface area (Å²) in [6.07, 6.45) is 2.37. The van der Waals surface area contributed by atoms with Gasteiger partial charge >= 0.3 is 5.76 Å². The topological polar surface area (TPSA) is 101 Å². The minimum atomic E-state index is -0.452. The van der Waals surface area contributed by atoms with Crippen LogP contribution in [0.5, 0.6) is 0 Å². The zero-order valence-corrected chi connectivity index (χ0v) is 9.56. The van der Waals surface area contributed by atoms with Gasteiger partial charge in [0.2, 0.25) is 0 Å². The van der Waals surface area contributed by atoms with E-state index in [-0.39, 0.29) is 0 Å². The van der Waals surface area contributed by atoms with Gasteiger partial charge in [-0.25, -0.2) is 9.78 Å². The highest BCUT2D eigenvalue weighted by molar-refractivity contribution is 5.79. The number of nitrogens with zero attached hydrogens (tertiary/aromatic N) is 1. The fourth-order valence-electron chi connectivity index (χ4n) is 2.00. The van der Waals surface area contributed by atoms with Crippen LogP contribution in [0.3, 0.4) is 0 Å². The van der Waals surface area contributed by atoms with Gasteiger partial charge in [-0.1, -0.05) is 0 Å². The summed E-state index contributed by atoms with van der Waals surface area (Å²) in [6.45, 7) is 0.556. The maximum absolute atomic E-state index is 11.1. The molecule has 6 nitrogen and oxygen atoms in total. The van der Waals surface area contributed by atoms with Gasteiger partial charge in [-0.2, -0.15) is 0 Å². The van der Waals surface area contributed by atoms with Crippen LogP contribution < -0.4 is 11.5 Å². The van der Waals surface area contributed by atoms with E-state index in [2.05, 4.69) is 15.0 Å². The predicted octanol–water partition coefficient (Wildman–Crippen LogP) is 1.01. The number of benzene rings is 1. The molecule has 0 amide bonds. The Morgan fingerprint density at radius 1 is 1.39 bits per heavy atom. The maximum atomic E-state index is 11.1. The fourth-order valence-corrected chi connectivity index (χ4v) is 2.00. The summed E-state index contributed by atoms with van der Waals surface area (Å²) in [4.78, 5) is 21.1. The summed E-state index contributed by atoms with van der Waals surface area (Å²) in [5.74, 6) is -0.452. The molecular formula is C12H12N4O2. The summed E-state index contributed by atoms with van der Waals surface area (Å²) in [5.41, 5.74) is 9.52. The van der Waals surface area contributed by atoms with Crippen molar-refractivity contribution in [2.45, 2.75) is 6.42 Å². The molecule has 92 valence electrons. The van der Waals surface area contributed by atoms with E-state index in [4.69, 9.17) is 10.2 Å². The lowest BCUT2D eigenvalue weighted by molar-refractivity contribution is 0.555. The van der Waals surface area contributed by atoms with E-state index in [9.17, 15) is 4.79 Å². The first kappa shape index (κ1) is 10.8. The molecule has 0 bridgehead atoms. The van der Waals surface area contributed by atoms with Crippen LogP contribution in [0.4, 0.5) is 0 Å². The molecule has 0 saturated heterocycles. The summed E-state index contributed by atoms with van der Waals surface area (Å²) >= 11 is 0. The highest BCUT2D eigenvalue weighted by Crippen LogP contribution is 2.23. The lowest BCUT2D eigenvalue weighted by atomic mass is 10.1. The van der Waals surface area contributed by atoms with E-state index in [0.717, 1.165) is 23.4 Å². The third kappa shape index (κ3) is 1.72. The number of rotatable bonds is 3. The molecule has 4 N–H and O–H groups in total. The van der Waals surface area contributed by atoms with E-state index >= 15 is 0 Å². The second-order valence-corrected chi connectivity index (χ2v) is 3.99. The minimum Gasteiger partial charge on any atom is -0.408 e. The van der Waals surface area contributed by atoms with Crippen LogP contribution in [0.15, 0.2) is 33.7 Å². The van der Waals surface area contributed by atoms with Crippen LogP contribution in [0.2, 0.25) is 0 Å². The molecule has 0 fully saturated rings. The molecule has 0 aliphatic heterocycles. The number of imidazole rings is 1. The van der Waals surface area contributed by atoms with Gasteiger partial charge in [0, 0.05) is 17.7 Å². The summed E-state index contributed by atoms with van der Waals surface area (Å²) in [5, 5.41) is 0. The third-order valence-corrected chi connectivity index (χ3v) is 2.81. The highest BCUT2D eigenvalue weighted by Gasteiger charge is 2.09. The van der Waals surface area contributed by atoms with E-state index in [0.29, 0.717) is 17.6 Å². The zero-order chi connectivity index (χ0) is 12.5. The van der Waals surface area contributed by atoms with Crippen LogP contribution in [-0.2, 0) is 6.42 Å². The number of oxazole rings is 1. The molecule has 3 aromatic rings. The first-order valence-electron chi connectivity index (χ1n) is 5.63. The first-order chi connectivity index (χ1) is 8.78. The molecule has 3 rings (SSSR count). The first-order valence-corrected chi connectivity index (χ1v) is 5.63. The lowest BCUT2D eigenvalue weighted by Crippen LogP contribution is -2.04. The van der Waals surface area contributed by atoms with Crippen LogP contribution in [0.1, 0.15) is 5.69 Å². The van der Waals surface area contributed by atoms with Crippen molar-refractivity contribution >= 4 is 11.1 Å². The average Bonchev–Trinajstić information content (AvgIpc) is 2.93. The van der Waals surface area contributed by atoms with Crippen molar-refractivity contribution < 1.29 is 4.42 Å². The average molecular weight is 244 g/mol. The molecular weight excluding hydrogens is 232 g/mol. The molecule has 0 unspecified atom stereocenters. The van der Waals surface area contributed by atoms with Crippen molar-refractivity contribution in [2.75, 3.05) is 6.54 Å². The largest absolute Gasteiger partial charge is 0.417 e. The Balaban J connectivity index is 2.12. The van der Waals surface area contributed by atoms with Gasteiger partial charge in [0.05, 0.1) is 17.5 Å². The monoisotopic (exact) mass is 244 g/mol. The van der Waals surface area contributed by atoms with E-state index < -0.39 is 5.76 Å². The Kier molecular flexibility index (Phi) is 2.49. The van der Waals surface area contributed by atoms with Gasteiger partial charge in [-0.3, -0.25) is 4.98 Å². The third-order valence-electron chi connectivity index (χ3n) is 2.81. The van der Waals surface area contributed by atoms with Gasteiger partial charge in [0.15, 0.2) is 5.58 Å². The molecule has 1 aromatic carbocycles. The SMILES string of the molecule is NCCc1[nH]cnc1-c1ccc2oc(=O)[nH]c2c1. The van der Waals surface area contributed by atoms with E-state index in [1.54, 1.807) is 12.4 Å². The predicted molar refractivity (Wildman–Crippen MR) is 67.2 cm³/mol. The van der Waals surface area contributed by atoms with Gasteiger partial charge in [-0.05, 0) is 24.7 Å². The number of H-pyrrole nitrogens is 2. The molecule has 0 aliphatic rings. The van der Waals surface area contributed by atoms with Crippen LogP contribution in [0, 0.1) is 0 Å². The molecule has 0 aliphatic carbocycles. The Morgan fingerprint density at radius 3 is 3.11 bits per heavy atom. The highest BCUT2D eigenvalue weighted by atomic mass is 16.4. The molecule has 2 aromatic heterocycles. The fraction of sp³-hybridized carbons (Fsp3) is 0.167. The van der Waals surface area contributed by atoms with Gasteiger partial charge < -0.3 is 15.1 Å². The summed E-state index contributed by atoms with van der Waals surface area (Å²) < 4.78 is 4.96. The van der Waals surface area contributed by atoms with Crippen LogP contribution in [0.25, 0.3) is 22.4 Å². The lowest BCUT2D eigenvalue weighted by Gasteiger charge is -2.01. The second kappa shape index (κ2) is 4.15. The number of hydrogen-bond acceptors (Lipinski definition) is 4. The quantitative estimate of drug-likeness (QED) is 0.640. The molecule has 0 spiro atoms. The molecule has 18 heavy (non-hydrogen) atoms. The van der Waals surface area contributed by atoms with Crippen molar-refractivity contribution in [1.82, 2.24) is 15.0 Å². The van der Waals surface area contributed by atoms with Crippen LogP contribution >= 0.6 is 0 Å². The maximum Gasteiger partial charge on any atom is 0.417 e. The number of nitrogens with one attached hydrogen (secondary N) is 2. The Hall–Kier alpha value is -2.34. The number of nitrogens with two attached hydrogens (primary N) is 1. The zero-order valence-electron chi connectivity index (χ0n) is 9.56. The van der Waals surface area contributed by atoms with E-state index in [1.165, 1.54) is 0 Å². The Bertz CT molecular complexity index is 738. The molecule has 0 atom stereocenters. The number of hydrogen-bond donors (Lipinski definition) is 3. The van der Waals surface area contributed by atoms with Crippen molar-refractivity contribution in [2.24, 2.45) is 5.73 Å². The van der Waals surface area contributed by atoms with Crippen molar-refractivity contribution in [3.05, 3.63) is 40.8 Å². The number of aromatic amines is 2. The van der Waals surface area contributed by atoms with Crippen molar-refractivity contribution in [3.63, 3.8) is 0 Å². The smallest absolute Gasteiger partial charge is 0.408 e. The van der Waals surface area contributed by atoms with Gasteiger partial charge in [-0.15, -0.1) is 0 Å². The second-order valence-electron chi connectivity index (χ2n) is 3.99. The van der Waals surface area contributed by atoms with E-state index in [1.807, 2.05) is 12.1 Å². The molecule has 6 heteroatoms. The Morgan fingerprint density at radius 2 is 2.28 bits per heavy atom. The van der Waals surface area contributed by atoms with Crippen molar-refractivity contribution in [1.29, 1.82) is 0 Å². The number of fused-ring (bicyclic) bond motifs is 1. The minimum absolute atomic E-state index is 0.452. The normalized spacial score (nSPS) is 11.2. The standard InChI is InChI=1S/C12H12N4O2/c13-4-3-8-11(15-6-14-8)7-1-2-10-9(5-7)16-12(17)18-10/h1-2,5-6H,3-4,13H2,(H,14,15)(H,16,17). The summed E-state index contributed by atoms with van der Waals surface area (Å²) in [7, 11) is 0.